The zero-order valence-corrected chi connectivity index (χ0v) is 19.3. The standard InChI is InChI=1S/C23H28ClN5O4/c1-14-5-4-8-17(24)19(14)21(30)27-18-13-25-28-20(18)22(31)26-15-9-11-29(12-10-15)23(32)33-16-6-2-3-7-16/h4-5,8,13,15-16H,2-3,6-7,9-12H2,1H3,(H,25,28)(H,26,31)(H,27,30). The Hall–Kier alpha value is -3.07. The topological polar surface area (TPSA) is 116 Å². The molecule has 1 aromatic carbocycles. The number of carbonyl (C=O) groups excluding carboxylic acids is 3. The fraction of sp³-hybridized carbons (Fsp3) is 0.478. The maximum absolute atomic E-state index is 12.8. The molecule has 4 rings (SSSR count). The van der Waals surface area contributed by atoms with Crippen molar-refractivity contribution < 1.29 is 19.1 Å². The molecule has 0 radical (unpaired) electrons. The molecule has 0 unspecified atom stereocenters. The van der Waals surface area contributed by atoms with E-state index in [1.165, 1.54) is 6.20 Å². The van der Waals surface area contributed by atoms with Crippen LogP contribution in [-0.2, 0) is 4.74 Å². The molecule has 3 amide bonds. The van der Waals surface area contributed by atoms with Crippen molar-refractivity contribution in [1.82, 2.24) is 20.4 Å². The highest BCUT2D eigenvalue weighted by Gasteiger charge is 2.28. The highest BCUT2D eigenvalue weighted by Crippen LogP contribution is 2.24. The highest BCUT2D eigenvalue weighted by molar-refractivity contribution is 6.34. The van der Waals surface area contributed by atoms with E-state index in [1.807, 2.05) is 0 Å². The number of piperidine rings is 1. The smallest absolute Gasteiger partial charge is 0.410 e. The van der Waals surface area contributed by atoms with Crippen molar-refractivity contribution in [3.63, 3.8) is 0 Å². The summed E-state index contributed by atoms with van der Waals surface area (Å²) in [6.45, 7) is 2.84. The maximum atomic E-state index is 12.8. The first-order valence-electron chi connectivity index (χ1n) is 11.3. The number of aromatic nitrogens is 2. The van der Waals surface area contributed by atoms with Gasteiger partial charge in [-0.2, -0.15) is 5.10 Å². The predicted octanol–water partition coefficient (Wildman–Crippen LogP) is 3.90. The van der Waals surface area contributed by atoms with Crippen molar-refractivity contribution in [3.05, 3.63) is 46.2 Å². The van der Waals surface area contributed by atoms with Crippen molar-refractivity contribution in [1.29, 1.82) is 0 Å². The van der Waals surface area contributed by atoms with Gasteiger partial charge in [0.25, 0.3) is 11.8 Å². The first-order valence-corrected chi connectivity index (χ1v) is 11.7. The van der Waals surface area contributed by atoms with Gasteiger partial charge in [0.05, 0.1) is 22.5 Å². The van der Waals surface area contributed by atoms with Crippen molar-refractivity contribution in [2.24, 2.45) is 0 Å². The van der Waals surface area contributed by atoms with Crippen molar-refractivity contribution in [3.8, 4) is 0 Å². The second-order valence-electron chi connectivity index (χ2n) is 8.57. The number of amides is 3. The van der Waals surface area contributed by atoms with Gasteiger partial charge < -0.3 is 20.3 Å². The fourth-order valence-electron chi connectivity index (χ4n) is 4.35. The monoisotopic (exact) mass is 473 g/mol. The summed E-state index contributed by atoms with van der Waals surface area (Å²) in [4.78, 5) is 39.6. The number of carbonyl (C=O) groups is 3. The molecule has 0 bridgehead atoms. The minimum Gasteiger partial charge on any atom is -0.446 e. The quantitative estimate of drug-likeness (QED) is 0.609. The summed E-state index contributed by atoms with van der Waals surface area (Å²) in [5.41, 5.74) is 1.52. The van der Waals surface area contributed by atoms with E-state index < -0.39 is 5.91 Å². The molecule has 10 heteroatoms. The lowest BCUT2D eigenvalue weighted by Crippen LogP contribution is -2.47. The van der Waals surface area contributed by atoms with Crippen LogP contribution in [0.25, 0.3) is 0 Å². The minimum atomic E-state index is -0.414. The van der Waals surface area contributed by atoms with Crippen LogP contribution in [-0.4, -0.2) is 58.2 Å². The van der Waals surface area contributed by atoms with E-state index in [2.05, 4.69) is 20.8 Å². The lowest BCUT2D eigenvalue weighted by Gasteiger charge is -2.32. The number of hydrogen-bond donors (Lipinski definition) is 3. The maximum Gasteiger partial charge on any atom is 0.410 e. The number of nitrogens with zero attached hydrogens (tertiary/aromatic N) is 2. The van der Waals surface area contributed by atoms with Crippen LogP contribution in [0.3, 0.4) is 0 Å². The molecule has 33 heavy (non-hydrogen) atoms. The number of hydrogen-bond acceptors (Lipinski definition) is 5. The lowest BCUT2D eigenvalue weighted by atomic mass is 10.1. The van der Waals surface area contributed by atoms with Crippen LogP contribution >= 0.6 is 11.6 Å². The highest BCUT2D eigenvalue weighted by atomic mass is 35.5. The molecule has 0 atom stereocenters. The molecule has 3 N–H and O–H groups in total. The van der Waals surface area contributed by atoms with E-state index in [0.717, 1.165) is 31.2 Å². The summed E-state index contributed by atoms with van der Waals surface area (Å²) in [5, 5.41) is 12.6. The molecule has 1 aliphatic heterocycles. The first kappa shape index (κ1) is 23.1. The molecule has 2 aromatic rings. The number of benzene rings is 1. The third-order valence-corrected chi connectivity index (χ3v) is 6.54. The van der Waals surface area contributed by atoms with E-state index in [-0.39, 0.29) is 35.5 Å². The van der Waals surface area contributed by atoms with Crippen LogP contribution in [0.4, 0.5) is 10.5 Å². The van der Waals surface area contributed by atoms with Gasteiger partial charge in [-0.1, -0.05) is 23.7 Å². The third kappa shape index (κ3) is 5.47. The number of anilines is 1. The summed E-state index contributed by atoms with van der Waals surface area (Å²) in [7, 11) is 0. The van der Waals surface area contributed by atoms with E-state index in [0.29, 0.717) is 36.5 Å². The van der Waals surface area contributed by atoms with E-state index in [9.17, 15) is 14.4 Å². The van der Waals surface area contributed by atoms with Gasteiger partial charge in [-0.3, -0.25) is 14.7 Å². The van der Waals surface area contributed by atoms with Crippen LogP contribution in [0.5, 0.6) is 0 Å². The zero-order valence-electron chi connectivity index (χ0n) is 18.5. The van der Waals surface area contributed by atoms with Crippen molar-refractivity contribution in [2.75, 3.05) is 18.4 Å². The largest absolute Gasteiger partial charge is 0.446 e. The zero-order chi connectivity index (χ0) is 23.4. The normalized spacial score (nSPS) is 17.1. The molecular weight excluding hydrogens is 446 g/mol. The van der Waals surface area contributed by atoms with Crippen LogP contribution in [0, 0.1) is 6.92 Å². The van der Waals surface area contributed by atoms with Gasteiger partial charge >= 0.3 is 6.09 Å². The Bertz CT molecular complexity index is 1010. The molecule has 1 saturated heterocycles. The molecule has 2 heterocycles. The molecule has 1 aromatic heterocycles. The Balaban J connectivity index is 1.31. The number of aryl methyl sites for hydroxylation is 1. The van der Waals surface area contributed by atoms with Crippen molar-refractivity contribution >= 4 is 35.2 Å². The Morgan fingerprint density at radius 3 is 2.55 bits per heavy atom. The summed E-state index contributed by atoms with van der Waals surface area (Å²) in [6.07, 6.45) is 6.52. The van der Waals surface area contributed by atoms with Crippen molar-refractivity contribution in [2.45, 2.75) is 57.6 Å². The molecule has 2 aliphatic rings. The van der Waals surface area contributed by atoms with Crippen LogP contribution in [0.15, 0.2) is 24.4 Å². The van der Waals surface area contributed by atoms with Crippen LogP contribution in [0.2, 0.25) is 5.02 Å². The Kier molecular flexibility index (Phi) is 7.17. The Labute approximate surface area is 197 Å². The number of rotatable bonds is 5. The molecule has 1 saturated carbocycles. The number of aromatic amines is 1. The van der Waals surface area contributed by atoms with Gasteiger partial charge in [0.1, 0.15) is 11.8 Å². The molecule has 0 spiro atoms. The molecule has 1 aliphatic carbocycles. The first-order chi connectivity index (χ1) is 15.9. The molecular formula is C23H28ClN5O4. The summed E-state index contributed by atoms with van der Waals surface area (Å²) >= 11 is 6.18. The van der Waals surface area contributed by atoms with E-state index in [1.54, 1.807) is 30.0 Å². The third-order valence-electron chi connectivity index (χ3n) is 6.22. The molecule has 2 fully saturated rings. The lowest BCUT2D eigenvalue weighted by molar-refractivity contribution is 0.0570. The molecule has 9 nitrogen and oxygen atoms in total. The second kappa shape index (κ2) is 10.2. The van der Waals surface area contributed by atoms with Gasteiger partial charge in [-0.15, -0.1) is 0 Å². The van der Waals surface area contributed by atoms with E-state index >= 15 is 0 Å². The average molecular weight is 474 g/mol. The number of ether oxygens (including phenoxy) is 1. The number of nitrogens with one attached hydrogen (secondary N) is 3. The van der Waals surface area contributed by atoms with Gasteiger partial charge in [0.15, 0.2) is 0 Å². The summed E-state index contributed by atoms with van der Waals surface area (Å²) in [6, 6.07) is 5.11. The minimum absolute atomic E-state index is 0.0403. The number of halogens is 1. The Morgan fingerprint density at radius 2 is 1.85 bits per heavy atom. The average Bonchev–Trinajstić information content (AvgIpc) is 3.46. The summed E-state index contributed by atoms with van der Waals surface area (Å²) < 4.78 is 5.57. The van der Waals surface area contributed by atoms with E-state index in [4.69, 9.17) is 16.3 Å². The molecule has 176 valence electrons. The SMILES string of the molecule is Cc1cccc(Cl)c1C(=O)Nc1cn[nH]c1C(=O)NC1CCN(C(=O)OC2CCCC2)CC1. The second-order valence-corrected chi connectivity index (χ2v) is 8.98. The fourth-order valence-corrected chi connectivity index (χ4v) is 4.65. The van der Waals surface area contributed by atoms with Crippen LogP contribution in [0.1, 0.15) is 64.9 Å². The van der Waals surface area contributed by atoms with Gasteiger partial charge in [-0.05, 0) is 57.1 Å². The summed E-state index contributed by atoms with van der Waals surface area (Å²) in [5.74, 6) is -0.784. The van der Waals surface area contributed by atoms with Crippen LogP contribution < -0.4 is 10.6 Å². The number of likely N-dealkylation sites (tertiary alicyclic amines) is 1. The Morgan fingerprint density at radius 1 is 1.12 bits per heavy atom. The predicted molar refractivity (Wildman–Crippen MR) is 124 cm³/mol. The van der Waals surface area contributed by atoms with Gasteiger partial charge in [0.2, 0.25) is 0 Å². The van der Waals surface area contributed by atoms with Gasteiger partial charge in [-0.25, -0.2) is 4.79 Å². The van der Waals surface area contributed by atoms with Gasteiger partial charge in [0, 0.05) is 19.1 Å². The number of H-pyrrole nitrogens is 1.